The van der Waals surface area contributed by atoms with Gasteiger partial charge in [0.05, 0.1) is 17.3 Å². The molecule has 1 atom stereocenters. The van der Waals surface area contributed by atoms with Gasteiger partial charge in [0.25, 0.3) is 0 Å². The first-order valence-corrected chi connectivity index (χ1v) is 7.88. The van der Waals surface area contributed by atoms with Gasteiger partial charge in [0.15, 0.2) is 6.29 Å². The molecule has 3 aromatic rings. The fourth-order valence-electron chi connectivity index (χ4n) is 2.84. The molecule has 0 saturated carbocycles. The number of halogens is 3. The van der Waals surface area contributed by atoms with E-state index in [9.17, 15) is 18.0 Å². The van der Waals surface area contributed by atoms with Crippen molar-refractivity contribution >= 4 is 6.29 Å². The summed E-state index contributed by atoms with van der Waals surface area (Å²) in [5.74, 6) is -1.97. The number of rotatable bonds is 5. The maximum Gasteiger partial charge on any atom is 0.153 e. The van der Waals surface area contributed by atoms with E-state index in [0.29, 0.717) is 28.7 Å². The maximum absolute atomic E-state index is 13.6. The Morgan fingerprint density at radius 3 is 2.46 bits per heavy atom. The first-order valence-electron chi connectivity index (χ1n) is 7.88. The lowest BCUT2D eigenvalue weighted by molar-refractivity contribution is 0.112. The van der Waals surface area contributed by atoms with Crippen molar-refractivity contribution < 1.29 is 18.0 Å². The van der Waals surface area contributed by atoms with Gasteiger partial charge in [-0.3, -0.25) is 9.78 Å². The van der Waals surface area contributed by atoms with Gasteiger partial charge in [-0.25, -0.2) is 13.2 Å². The Balaban J connectivity index is 1.97. The highest BCUT2D eigenvalue weighted by molar-refractivity contribution is 5.79. The van der Waals surface area contributed by atoms with Gasteiger partial charge in [-0.15, -0.1) is 0 Å². The third-order valence-corrected chi connectivity index (χ3v) is 4.00. The zero-order valence-electron chi connectivity index (χ0n) is 13.6. The Morgan fingerprint density at radius 2 is 1.77 bits per heavy atom. The molecule has 2 N–H and O–H groups in total. The third-order valence-electron chi connectivity index (χ3n) is 4.00. The van der Waals surface area contributed by atoms with Crippen LogP contribution in [0.3, 0.4) is 0 Å². The number of carbonyl (C=O) groups excluding carboxylic acids is 1. The van der Waals surface area contributed by atoms with Crippen LogP contribution in [-0.4, -0.2) is 11.3 Å². The zero-order valence-corrected chi connectivity index (χ0v) is 13.6. The van der Waals surface area contributed by atoms with Crippen LogP contribution < -0.4 is 5.73 Å². The number of hydrogen-bond acceptors (Lipinski definition) is 3. The van der Waals surface area contributed by atoms with Gasteiger partial charge in [-0.1, -0.05) is 12.1 Å². The van der Waals surface area contributed by atoms with Crippen molar-refractivity contribution in [1.29, 1.82) is 0 Å². The summed E-state index contributed by atoms with van der Waals surface area (Å²) in [7, 11) is 0. The van der Waals surface area contributed by atoms with E-state index in [1.807, 2.05) is 0 Å². The quantitative estimate of drug-likeness (QED) is 0.697. The summed E-state index contributed by atoms with van der Waals surface area (Å²) in [4.78, 5) is 15.3. The molecule has 0 spiro atoms. The molecule has 2 aromatic carbocycles. The average Bonchev–Trinajstić information content (AvgIpc) is 2.61. The maximum atomic E-state index is 13.6. The van der Waals surface area contributed by atoms with Crippen molar-refractivity contribution in [3.05, 3.63) is 89.0 Å². The second-order valence-electron chi connectivity index (χ2n) is 5.88. The van der Waals surface area contributed by atoms with Crippen LogP contribution >= 0.6 is 0 Å². The summed E-state index contributed by atoms with van der Waals surface area (Å²) in [6, 6.07) is 10.2. The van der Waals surface area contributed by atoms with Crippen molar-refractivity contribution in [2.24, 2.45) is 5.73 Å². The summed E-state index contributed by atoms with van der Waals surface area (Å²) in [5, 5.41) is 0. The van der Waals surface area contributed by atoms with Crippen LogP contribution in [0.5, 0.6) is 0 Å². The van der Waals surface area contributed by atoms with Crippen LogP contribution in [0.15, 0.2) is 54.7 Å². The highest BCUT2D eigenvalue weighted by atomic mass is 19.1. The van der Waals surface area contributed by atoms with Crippen LogP contribution in [0.1, 0.15) is 27.7 Å². The summed E-state index contributed by atoms with van der Waals surface area (Å²) in [6.07, 6.45) is 2.15. The second kappa shape index (κ2) is 7.49. The normalized spacial score (nSPS) is 12.0. The number of carbonyl (C=O) groups is 1. The highest BCUT2D eigenvalue weighted by Gasteiger charge is 2.16. The number of aromatic nitrogens is 1. The SMILES string of the molecule is N[C@@H](Cc1cc(F)cc(F)c1)c1ncccc1-c1ccc(F)c(C=O)c1. The average molecular weight is 356 g/mol. The largest absolute Gasteiger partial charge is 0.322 e. The topological polar surface area (TPSA) is 56.0 Å². The molecule has 0 amide bonds. The van der Waals surface area contributed by atoms with Crippen molar-refractivity contribution in [1.82, 2.24) is 4.98 Å². The molecule has 132 valence electrons. The van der Waals surface area contributed by atoms with Gasteiger partial charge in [0.1, 0.15) is 17.5 Å². The number of hydrogen-bond donors (Lipinski definition) is 1. The summed E-state index contributed by atoms with van der Waals surface area (Å²) >= 11 is 0. The smallest absolute Gasteiger partial charge is 0.153 e. The van der Waals surface area contributed by atoms with E-state index < -0.39 is 23.5 Å². The molecule has 0 aliphatic heterocycles. The minimum Gasteiger partial charge on any atom is -0.322 e. The number of aldehydes is 1. The Bertz CT molecular complexity index is 939. The molecule has 1 heterocycles. The molecular formula is C20H15F3N2O. The number of pyridine rings is 1. The van der Waals surface area contributed by atoms with E-state index in [2.05, 4.69) is 4.98 Å². The fraction of sp³-hybridized carbons (Fsp3) is 0.100. The van der Waals surface area contributed by atoms with Gasteiger partial charge in [0.2, 0.25) is 0 Å². The zero-order chi connectivity index (χ0) is 18.7. The molecule has 6 heteroatoms. The fourth-order valence-corrected chi connectivity index (χ4v) is 2.84. The Labute approximate surface area is 148 Å². The van der Waals surface area contributed by atoms with Crippen LogP contribution in [0.2, 0.25) is 0 Å². The predicted octanol–water partition coefficient (Wildman–Crippen LogP) is 4.22. The number of nitrogens with two attached hydrogens (primary N) is 1. The van der Waals surface area contributed by atoms with Crippen molar-refractivity contribution in [2.45, 2.75) is 12.5 Å². The lowest BCUT2D eigenvalue weighted by Gasteiger charge is -2.16. The van der Waals surface area contributed by atoms with Crippen LogP contribution in [0.25, 0.3) is 11.1 Å². The van der Waals surface area contributed by atoms with Crippen molar-refractivity contribution in [2.75, 3.05) is 0 Å². The molecule has 0 saturated heterocycles. The van der Waals surface area contributed by atoms with Gasteiger partial charge in [-0.05, 0) is 47.9 Å². The standard InChI is InChI=1S/C20H15F3N2O/c21-15-6-12(7-16(22)10-15)8-19(24)20-17(2-1-5-25-20)13-3-4-18(23)14(9-13)11-26/h1-7,9-11,19H,8,24H2/t19-/m0/s1. The highest BCUT2D eigenvalue weighted by Crippen LogP contribution is 2.28. The van der Waals surface area contributed by atoms with Crippen LogP contribution in [-0.2, 0) is 6.42 Å². The van der Waals surface area contributed by atoms with Gasteiger partial charge in [-0.2, -0.15) is 0 Å². The summed E-state index contributed by atoms with van der Waals surface area (Å²) in [5.41, 5.74) is 8.24. The van der Waals surface area contributed by atoms with E-state index >= 15 is 0 Å². The van der Waals surface area contributed by atoms with Crippen molar-refractivity contribution in [3.8, 4) is 11.1 Å². The number of benzene rings is 2. The first kappa shape index (κ1) is 17.8. The van der Waals surface area contributed by atoms with Crippen molar-refractivity contribution in [3.63, 3.8) is 0 Å². The van der Waals surface area contributed by atoms with E-state index in [4.69, 9.17) is 5.73 Å². The number of nitrogens with zero attached hydrogens (tertiary/aromatic N) is 1. The molecule has 0 aliphatic rings. The van der Waals surface area contributed by atoms with E-state index in [0.717, 1.165) is 6.07 Å². The molecular weight excluding hydrogens is 341 g/mol. The van der Waals surface area contributed by atoms with Gasteiger partial charge in [0, 0.05) is 17.8 Å². The third kappa shape index (κ3) is 3.81. The molecule has 0 radical (unpaired) electrons. The Hall–Kier alpha value is -2.99. The van der Waals surface area contributed by atoms with Crippen LogP contribution in [0, 0.1) is 17.5 Å². The molecule has 0 aliphatic carbocycles. The van der Waals surface area contributed by atoms with Gasteiger partial charge < -0.3 is 5.73 Å². The molecule has 0 unspecified atom stereocenters. The monoisotopic (exact) mass is 356 g/mol. The van der Waals surface area contributed by atoms with Gasteiger partial charge >= 0.3 is 0 Å². The lowest BCUT2D eigenvalue weighted by Crippen LogP contribution is -2.16. The molecule has 0 bridgehead atoms. The predicted molar refractivity (Wildman–Crippen MR) is 92.0 cm³/mol. The molecule has 0 fully saturated rings. The summed E-state index contributed by atoms with van der Waals surface area (Å²) < 4.78 is 40.3. The Kier molecular flexibility index (Phi) is 5.14. The Morgan fingerprint density at radius 1 is 1.04 bits per heavy atom. The molecule has 26 heavy (non-hydrogen) atoms. The van der Waals surface area contributed by atoms with E-state index in [-0.39, 0.29) is 12.0 Å². The van der Waals surface area contributed by atoms with E-state index in [1.165, 1.54) is 30.3 Å². The summed E-state index contributed by atoms with van der Waals surface area (Å²) in [6.45, 7) is 0. The first-order chi connectivity index (χ1) is 12.5. The van der Waals surface area contributed by atoms with Crippen LogP contribution in [0.4, 0.5) is 13.2 Å². The molecule has 3 nitrogen and oxygen atoms in total. The minimum atomic E-state index is -0.678. The minimum absolute atomic E-state index is 0.0712. The van der Waals surface area contributed by atoms with E-state index in [1.54, 1.807) is 18.3 Å². The lowest BCUT2D eigenvalue weighted by atomic mass is 9.95. The molecule has 3 rings (SSSR count). The second-order valence-corrected chi connectivity index (χ2v) is 5.88. The molecule has 1 aromatic heterocycles.